The summed E-state index contributed by atoms with van der Waals surface area (Å²) in [7, 11) is 1.59. The number of nitrogens with zero attached hydrogens (tertiary/aromatic N) is 3. The van der Waals surface area contributed by atoms with Crippen molar-refractivity contribution in [2.24, 2.45) is 5.10 Å². The van der Waals surface area contributed by atoms with Gasteiger partial charge in [-0.15, -0.1) is 0 Å². The highest BCUT2D eigenvalue weighted by Gasteiger charge is 2.17. The Hall–Kier alpha value is -2.49. The third-order valence-corrected chi connectivity index (χ3v) is 8.42. The molecule has 0 unspecified atom stereocenters. The summed E-state index contributed by atoms with van der Waals surface area (Å²) in [4.78, 5) is 18.1. The molecule has 0 aliphatic carbocycles. The van der Waals surface area contributed by atoms with Crippen molar-refractivity contribution < 1.29 is 9.47 Å². The van der Waals surface area contributed by atoms with Crippen molar-refractivity contribution in [3.8, 4) is 11.5 Å². The van der Waals surface area contributed by atoms with E-state index in [-0.39, 0.29) is 5.56 Å². The Kier molecular flexibility index (Phi) is 9.21. The molecule has 6 nitrogen and oxygen atoms in total. The van der Waals surface area contributed by atoms with Gasteiger partial charge >= 0.3 is 0 Å². The van der Waals surface area contributed by atoms with Crippen LogP contribution in [0, 0.1) is 6.92 Å². The van der Waals surface area contributed by atoms with E-state index in [0.717, 1.165) is 27.4 Å². The Balaban J connectivity index is 1.72. The van der Waals surface area contributed by atoms with Gasteiger partial charge in [-0.25, -0.2) is 4.98 Å². The number of methoxy groups -OCH3 is 1. The molecule has 0 saturated heterocycles. The Morgan fingerprint density at radius 2 is 1.89 bits per heavy atom. The fraction of sp³-hybridized carbons (Fsp3) is 0.250. The number of ether oxygens (including phenoxy) is 2. The first-order chi connectivity index (χ1) is 17.8. The number of fused-ring (bicyclic) bond motifs is 1. The SMILES string of the molecule is CCCCc1nc2ccc(Br)cc2c(=O)n1N=Cc1cc(OC)c(OCc2cccc(C)c2)c(Br)c1Br. The van der Waals surface area contributed by atoms with Crippen LogP contribution in [0.15, 0.2) is 71.8 Å². The van der Waals surface area contributed by atoms with Crippen molar-refractivity contribution in [3.05, 3.63) is 94.8 Å². The summed E-state index contributed by atoms with van der Waals surface area (Å²) < 4.78 is 15.4. The molecule has 0 atom stereocenters. The third kappa shape index (κ3) is 6.33. The van der Waals surface area contributed by atoms with E-state index < -0.39 is 0 Å². The van der Waals surface area contributed by atoms with E-state index in [1.165, 1.54) is 10.2 Å². The van der Waals surface area contributed by atoms with E-state index in [4.69, 9.17) is 14.5 Å². The summed E-state index contributed by atoms with van der Waals surface area (Å²) in [5.74, 6) is 1.74. The van der Waals surface area contributed by atoms with E-state index in [1.54, 1.807) is 19.4 Å². The molecule has 3 aromatic carbocycles. The monoisotopic (exact) mass is 689 g/mol. The summed E-state index contributed by atoms with van der Waals surface area (Å²) in [6.45, 7) is 4.55. The van der Waals surface area contributed by atoms with Crippen LogP contribution in [0.1, 0.15) is 42.3 Å². The Morgan fingerprint density at radius 3 is 2.62 bits per heavy atom. The van der Waals surface area contributed by atoms with Crippen molar-refractivity contribution in [1.29, 1.82) is 0 Å². The topological polar surface area (TPSA) is 65.7 Å². The molecule has 9 heteroatoms. The quantitative estimate of drug-likeness (QED) is 0.168. The van der Waals surface area contributed by atoms with Crippen molar-refractivity contribution in [2.45, 2.75) is 39.7 Å². The lowest BCUT2D eigenvalue weighted by Crippen LogP contribution is -2.22. The molecule has 0 spiro atoms. The lowest BCUT2D eigenvalue weighted by atomic mass is 10.1. The predicted molar refractivity (Wildman–Crippen MR) is 159 cm³/mol. The van der Waals surface area contributed by atoms with Gasteiger partial charge in [-0.1, -0.05) is 59.1 Å². The molecule has 0 radical (unpaired) electrons. The second-order valence-electron chi connectivity index (χ2n) is 8.56. The largest absolute Gasteiger partial charge is 0.493 e. The minimum absolute atomic E-state index is 0.214. The van der Waals surface area contributed by atoms with Gasteiger partial charge in [0.25, 0.3) is 5.56 Å². The van der Waals surface area contributed by atoms with E-state index in [9.17, 15) is 4.79 Å². The standard InChI is InChI=1S/C28H26Br3N3O3/c1-4-5-9-24-33-22-11-10-20(29)14-21(22)28(35)34(24)32-15-19-13-23(36-3)27(26(31)25(19)30)37-16-18-8-6-7-17(2)12-18/h6-8,10-15H,4-5,9,16H2,1-3H3. The van der Waals surface area contributed by atoms with Crippen molar-refractivity contribution in [1.82, 2.24) is 9.66 Å². The average molecular weight is 692 g/mol. The van der Waals surface area contributed by atoms with Crippen LogP contribution in [-0.2, 0) is 13.0 Å². The highest BCUT2D eigenvalue weighted by Crippen LogP contribution is 2.42. The molecule has 0 bridgehead atoms. The second kappa shape index (κ2) is 12.4. The van der Waals surface area contributed by atoms with Crippen LogP contribution in [0.2, 0.25) is 0 Å². The maximum Gasteiger partial charge on any atom is 0.282 e. The molecule has 1 heterocycles. The number of rotatable bonds is 9. The molecule has 0 aliphatic heterocycles. The average Bonchev–Trinajstić information content (AvgIpc) is 2.89. The van der Waals surface area contributed by atoms with Crippen LogP contribution in [0.5, 0.6) is 11.5 Å². The summed E-state index contributed by atoms with van der Waals surface area (Å²) in [6.07, 6.45) is 4.16. The highest BCUT2D eigenvalue weighted by molar-refractivity contribution is 9.13. The second-order valence-corrected chi connectivity index (χ2v) is 11.1. The van der Waals surface area contributed by atoms with Gasteiger partial charge in [0.15, 0.2) is 11.5 Å². The van der Waals surface area contributed by atoms with E-state index in [0.29, 0.717) is 51.3 Å². The first-order valence-electron chi connectivity index (χ1n) is 11.8. The molecule has 0 N–H and O–H groups in total. The number of halogens is 3. The van der Waals surface area contributed by atoms with Crippen LogP contribution in [0.25, 0.3) is 10.9 Å². The predicted octanol–water partition coefficient (Wildman–Crippen LogP) is 7.80. The van der Waals surface area contributed by atoms with Gasteiger partial charge < -0.3 is 9.47 Å². The summed E-state index contributed by atoms with van der Waals surface area (Å²) >= 11 is 10.7. The molecule has 0 saturated carbocycles. The van der Waals surface area contributed by atoms with Crippen LogP contribution >= 0.6 is 47.8 Å². The minimum Gasteiger partial charge on any atom is -0.493 e. The normalized spacial score (nSPS) is 11.4. The van der Waals surface area contributed by atoms with Gasteiger partial charge in [0.1, 0.15) is 12.4 Å². The molecule has 1 aromatic heterocycles. The molecule has 0 aliphatic rings. The molecule has 37 heavy (non-hydrogen) atoms. The van der Waals surface area contributed by atoms with Crippen LogP contribution < -0.4 is 15.0 Å². The van der Waals surface area contributed by atoms with Crippen LogP contribution in [-0.4, -0.2) is 23.0 Å². The molecule has 0 fully saturated rings. The van der Waals surface area contributed by atoms with E-state index in [1.807, 2.05) is 43.3 Å². The van der Waals surface area contributed by atoms with Gasteiger partial charge in [-0.05, 0) is 75.0 Å². The molecular formula is C28H26Br3N3O3. The smallest absolute Gasteiger partial charge is 0.282 e. The molecule has 4 rings (SSSR count). The van der Waals surface area contributed by atoms with Crippen LogP contribution in [0.4, 0.5) is 0 Å². The fourth-order valence-electron chi connectivity index (χ4n) is 3.87. The zero-order valence-corrected chi connectivity index (χ0v) is 25.5. The van der Waals surface area contributed by atoms with Gasteiger partial charge in [0, 0.05) is 20.9 Å². The maximum atomic E-state index is 13.4. The molecule has 192 valence electrons. The molecular weight excluding hydrogens is 666 g/mol. The lowest BCUT2D eigenvalue weighted by Gasteiger charge is -2.16. The van der Waals surface area contributed by atoms with Crippen LogP contribution in [0.3, 0.4) is 0 Å². The molecule has 0 amide bonds. The maximum absolute atomic E-state index is 13.4. The summed E-state index contributed by atoms with van der Waals surface area (Å²) in [6, 6.07) is 15.5. The number of aryl methyl sites for hydroxylation is 2. The number of benzene rings is 3. The first kappa shape index (κ1) is 27.5. The Labute approximate surface area is 241 Å². The van der Waals surface area contributed by atoms with Crippen molar-refractivity contribution in [2.75, 3.05) is 7.11 Å². The van der Waals surface area contributed by atoms with E-state index >= 15 is 0 Å². The highest BCUT2D eigenvalue weighted by atomic mass is 79.9. The van der Waals surface area contributed by atoms with Gasteiger partial charge in [-0.3, -0.25) is 4.79 Å². The minimum atomic E-state index is -0.214. The Morgan fingerprint density at radius 1 is 1.08 bits per heavy atom. The number of hydrogen-bond acceptors (Lipinski definition) is 5. The van der Waals surface area contributed by atoms with Gasteiger partial charge in [0.05, 0.1) is 28.7 Å². The summed E-state index contributed by atoms with van der Waals surface area (Å²) in [5, 5.41) is 5.08. The Bertz CT molecular complexity index is 1530. The number of aromatic nitrogens is 2. The zero-order valence-electron chi connectivity index (χ0n) is 20.7. The van der Waals surface area contributed by atoms with E-state index in [2.05, 4.69) is 65.9 Å². The number of hydrogen-bond donors (Lipinski definition) is 0. The van der Waals surface area contributed by atoms with Gasteiger partial charge in [-0.2, -0.15) is 9.78 Å². The zero-order chi connectivity index (χ0) is 26.5. The third-order valence-electron chi connectivity index (χ3n) is 5.78. The first-order valence-corrected chi connectivity index (χ1v) is 14.2. The summed E-state index contributed by atoms with van der Waals surface area (Å²) in [5.41, 5.74) is 3.39. The number of unbranched alkanes of at least 4 members (excludes halogenated alkanes) is 1. The van der Waals surface area contributed by atoms with Crippen molar-refractivity contribution >= 4 is 64.9 Å². The fourth-order valence-corrected chi connectivity index (χ4v) is 5.17. The van der Waals surface area contributed by atoms with Gasteiger partial charge in [0.2, 0.25) is 0 Å². The molecule has 4 aromatic rings. The lowest BCUT2D eigenvalue weighted by molar-refractivity contribution is 0.282. The van der Waals surface area contributed by atoms with Crippen molar-refractivity contribution in [3.63, 3.8) is 0 Å².